The summed E-state index contributed by atoms with van der Waals surface area (Å²) in [6.07, 6.45) is 1.30. The summed E-state index contributed by atoms with van der Waals surface area (Å²) < 4.78 is 5.20. The van der Waals surface area contributed by atoms with E-state index in [0.29, 0.717) is 5.92 Å². The first kappa shape index (κ1) is 6.05. The molecule has 1 aliphatic heterocycles. The van der Waals surface area contributed by atoms with E-state index in [1.165, 1.54) is 0 Å². The molecule has 0 bridgehead atoms. The molecule has 1 heterocycles. The fourth-order valence-corrected chi connectivity index (χ4v) is 1.02. The van der Waals surface area contributed by atoms with Crippen LogP contribution in [0.1, 0.15) is 13.3 Å². The van der Waals surface area contributed by atoms with Gasteiger partial charge in [-0.3, -0.25) is 0 Å². The second-order valence-electron chi connectivity index (χ2n) is 2.31. The van der Waals surface area contributed by atoms with Gasteiger partial charge in [-0.2, -0.15) is 0 Å². The van der Waals surface area contributed by atoms with Crippen molar-refractivity contribution in [3.8, 4) is 0 Å². The minimum atomic E-state index is 0.278. The van der Waals surface area contributed by atoms with E-state index in [-0.39, 0.29) is 12.7 Å². The Morgan fingerprint density at radius 1 is 1.75 bits per heavy atom. The predicted molar refractivity (Wildman–Crippen MR) is 30.6 cm³/mol. The van der Waals surface area contributed by atoms with E-state index < -0.39 is 0 Å². The van der Waals surface area contributed by atoms with Gasteiger partial charge < -0.3 is 9.84 Å². The summed E-state index contributed by atoms with van der Waals surface area (Å²) in [5, 5.41) is 8.66. The molecule has 2 nitrogen and oxygen atoms in total. The summed E-state index contributed by atoms with van der Waals surface area (Å²) in [6.45, 7) is 3.11. The molecular formula is C6H12O2. The molecular weight excluding hydrogens is 104 g/mol. The van der Waals surface area contributed by atoms with Gasteiger partial charge in [0, 0.05) is 19.1 Å². The number of aliphatic hydroxyl groups excluding tert-OH is 1. The third-order valence-corrected chi connectivity index (χ3v) is 1.77. The van der Waals surface area contributed by atoms with E-state index in [4.69, 9.17) is 9.84 Å². The number of ether oxygens (including phenoxy) is 1. The van der Waals surface area contributed by atoms with Crippen molar-refractivity contribution in [3.05, 3.63) is 0 Å². The van der Waals surface area contributed by atoms with Gasteiger partial charge in [0.15, 0.2) is 0 Å². The molecule has 1 aliphatic rings. The molecule has 0 unspecified atom stereocenters. The zero-order valence-electron chi connectivity index (χ0n) is 5.13. The third kappa shape index (κ3) is 1.01. The van der Waals surface area contributed by atoms with Crippen LogP contribution in [0, 0.1) is 5.92 Å². The molecule has 8 heavy (non-hydrogen) atoms. The van der Waals surface area contributed by atoms with Crippen LogP contribution in [0.5, 0.6) is 0 Å². The Morgan fingerprint density at radius 3 is 2.75 bits per heavy atom. The van der Waals surface area contributed by atoms with E-state index >= 15 is 0 Å². The minimum Gasteiger partial charge on any atom is -0.396 e. The highest BCUT2D eigenvalue weighted by Gasteiger charge is 2.22. The van der Waals surface area contributed by atoms with Gasteiger partial charge in [0.1, 0.15) is 0 Å². The number of aliphatic hydroxyl groups is 1. The fraction of sp³-hybridized carbons (Fsp3) is 1.00. The quantitative estimate of drug-likeness (QED) is 0.537. The molecule has 0 aromatic heterocycles. The molecule has 1 rings (SSSR count). The van der Waals surface area contributed by atoms with Gasteiger partial charge in [0.05, 0.1) is 6.10 Å². The fourth-order valence-electron chi connectivity index (χ4n) is 1.02. The van der Waals surface area contributed by atoms with E-state index in [9.17, 15) is 0 Å². The van der Waals surface area contributed by atoms with Crippen LogP contribution in [0.3, 0.4) is 0 Å². The first-order valence-corrected chi connectivity index (χ1v) is 3.07. The first-order chi connectivity index (χ1) is 3.84. The molecule has 2 atom stereocenters. The van der Waals surface area contributed by atoms with Crippen molar-refractivity contribution in [1.29, 1.82) is 0 Å². The van der Waals surface area contributed by atoms with Crippen LogP contribution in [0.25, 0.3) is 0 Å². The Morgan fingerprint density at radius 2 is 2.50 bits per heavy atom. The highest BCUT2D eigenvalue weighted by atomic mass is 16.5. The third-order valence-electron chi connectivity index (χ3n) is 1.77. The zero-order chi connectivity index (χ0) is 5.98. The molecule has 0 aromatic carbocycles. The monoisotopic (exact) mass is 116 g/mol. The van der Waals surface area contributed by atoms with Crippen molar-refractivity contribution in [2.75, 3.05) is 13.2 Å². The summed E-state index contributed by atoms with van der Waals surface area (Å²) in [5.41, 5.74) is 0. The predicted octanol–water partition coefficient (Wildman–Crippen LogP) is 0.404. The normalized spacial score (nSPS) is 38.2. The summed E-state index contributed by atoms with van der Waals surface area (Å²) in [6, 6.07) is 0. The molecule has 0 aliphatic carbocycles. The van der Waals surface area contributed by atoms with Crippen LogP contribution in [-0.2, 0) is 4.74 Å². The Balaban J connectivity index is 2.30. The summed E-state index contributed by atoms with van der Waals surface area (Å²) in [5.74, 6) is 0.398. The van der Waals surface area contributed by atoms with Crippen LogP contribution in [-0.4, -0.2) is 24.4 Å². The van der Waals surface area contributed by atoms with E-state index in [1.807, 2.05) is 6.92 Å². The average molecular weight is 116 g/mol. The van der Waals surface area contributed by atoms with Crippen molar-refractivity contribution < 1.29 is 9.84 Å². The highest BCUT2D eigenvalue weighted by Crippen LogP contribution is 2.18. The van der Waals surface area contributed by atoms with Crippen molar-refractivity contribution >= 4 is 0 Å². The van der Waals surface area contributed by atoms with Gasteiger partial charge >= 0.3 is 0 Å². The molecule has 1 N–H and O–H groups in total. The van der Waals surface area contributed by atoms with Crippen LogP contribution >= 0.6 is 0 Å². The largest absolute Gasteiger partial charge is 0.396 e. The van der Waals surface area contributed by atoms with Crippen molar-refractivity contribution in [1.82, 2.24) is 0 Å². The maximum absolute atomic E-state index is 8.66. The van der Waals surface area contributed by atoms with Crippen LogP contribution in [0.4, 0.5) is 0 Å². The number of rotatable bonds is 1. The maximum atomic E-state index is 8.66. The van der Waals surface area contributed by atoms with Crippen LogP contribution in [0.15, 0.2) is 0 Å². The summed E-state index contributed by atoms with van der Waals surface area (Å²) in [4.78, 5) is 0. The minimum absolute atomic E-state index is 0.278. The van der Waals surface area contributed by atoms with Gasteiger partial charge in [-0.15, -0.1) is 0 Å². The SMILES string of the molecule is C[C@@H]1OCC[C@H]1CO. The Labute approximate surface area is 49.5 Å². The second kappa shape index (κ2) is 2.46. The average Bonchev–Trinajstić information content (AvgIpc) is 2.14. The molecule has 0 amide bonds. The number of hydrogen-bond donors (Lipinski definition) is 1. The Hall–Kier alpha value is -0.0800. The standard InChI is InChI=1S/C6H12O2/c1-5-6(4-7)2-3-8-5/h5-7H,2-4H2,1H3/t5-,6-/m0/s1. The van der Waals surface area contributed by atoms with E-state index in [0.717, 1.165) is 13.0 Å². The number of hydrogen-bond acceptors (Lipinski definition) is 2. The van der Waals surface area contributed by atoms with Crippen LogP contribution in [0.2, 0.25) is 0 Å². The molecule has 48 valence electrons. The topological polar surface area (TPSA) is 29.5 Å². The maximum Gasteiger partial charge on any atom is 0.0597 e. The molecule has 0 aromatic rings. The molecule has 1 fully saturated rings. The molecule has 1 saturated heterocycles. The molecule has 0 spiro atoms. The lowest BCUT2D eigenvalue weighted by Gasteiger charge is -2.08. The summed E-state index contributed by atoms with van der Waals surface area (Å²) in [7, 11) is 0. The van der Waals surface area contributed by atoms with Gasteiger partial charge in [-0.25, -0.2) is 0 Å². The lowest BCUT2D eigenvalue weighted by molar-refractivity contribution is 0.0863. The first-order valence-electron chi connectivity index (χ1n) is 3.07. The highest BCUT2D eigenvalue weighted by molar-refractivity contribution is 4.70. The molecule has 0 radical (unpaired) electrons. The second-order valence-corrected chi connectivity index (χ2v) is 2.31. The van der Waals surface area contributed by atoms with Gasteiger partial charge in [-0.05, 0) is 13.3 Å². The molecule has 0 saturated carbocycles. The Bertz CT molecular complexity index is 72.9. The van der Waals surface area contributed by atoms with Gasteiger partial charge in [0.25, 0.3) is 0 Å². The zero-order valence-corrected chi connectivity index (χ0v) is 5.13. The summed E-state index contributed by atoms with van der Waals surface area (Å²) >= 11 is 0. The van der Waals surface area contributed by atoms with Crippen molar-refractivity contribution in [2.45, 2.75) is 19.4 Å². The van der Waals surface area contributed by atoms with Crippen LogP contribution < -0.4 is 0 Å². The van der Waals surface area contributed by atoms with Crippen molar-refractivity contribution in [2.24, 2.45) is 5.92 Å². The van der Waals surface area contributed by atoms with E-state index in [2.05, 4.69) is 0 Å². The smallest absolute Gasteiger partial charge is 0.0597 e. The Kier molecular flexibility index (Phi) is 1.86. The van der Waals surface area contributed by atoms with Gasteiger partial charge in [-0.1, -0.05) is 0 Å². The molecule has 2 heteroatoms. The van der Waals surface area contributed by atoms with Gasteiger partial charge in [0.2, 0.25) is 0 Å². The lowest BCUT2D eigenvalue weighted by atomic mass is 10.1. The lowest BCUT2D eigenvalue weighted by Crippen LogP contribution is -2.14. The van der Waals surface area contributed by atoms with Crippen molar-refractivity contribution in [3.63, 3.8) is 0 Å². The van der Waals surface area contributed by atoms with E-state index in [1.54, 1.807) is 0 Å².